The zero-order valence-electron chi connectivity index (χ0n) is 13.8. The molecular formula is C18H13Cl2NO4S. The van der Waals surface area contributed by atoms with E-state index in [9.17, 15) is 9.59 Å². The SMILES string of the molecule is COc1cc(Cl)c(C=C2SC(=O)N(c3ccccc3Cl)C2=O)cc1OC. The standard InChI is InChI=1S/C18H13Cl2NO4S/c1-24-14-7-10(12(20)9-15(14)25-2)8-16-17(22)21(18(23)26-16)13-6-4-3-5-11(13)19/h3-9H,1-2H3. The highest BCUT2D eigenvalue weighted by atomic mass is 35.5. The Labute approximate surface area is 164 Å². The Bertz CT molecular complexity index is 929. The number of anilines is 1. The van der Waals surface area contributed by atoms with Crippen molar-refractivity contribution in [3.63, 3.8) is 0 Å². The number of halogens is 2. The summed E-state index contributed by atoms with van der Waals surface area (Å²) in [5.41, 5.74) is 0.882. The fourth-order valence-corrected chi connectivity index (χ4v) is 3.68. The fourth-order valence-electron chi connectivity index (χ4n) is 2.43. The van der Waals surface area contributed by atoms with E-state index in [4.69, 9.17) is 32.7 Å². The molecule has 2 aromatic carbocycles. The van der Waals surface area contributed by atoms with E-state index in [1.54, 1.807) is 42.5 Å². The quantitative estimate of drug-likeness (QED) is 0.645. The lowest BCUT2D eigenvalue weighted by Gasteiger charge is -2.13. The number of carbonyl (C=O) groups is 2. The summed E-state index contributed by atoms with van der Waals surface area (Å²) in [6, 6.07) is 9.90. The molecule has 0 spiro atoms. The highest BCUT2D eigenvalue weighted by Gasteiger charge is 2.37. The molecule has 0 saturated carbocycles. The molecule has 1 aliphatic rings. The third-order valence-electron chi connectivity index (χ3n) is 3.68. The topological polar surface area (TPSA) is 55.8 Å². The van der Waals surface area contributed by atoms with Crippen molar-refractivity contribution in [1.82, 2.24) is 0 Å². The molecule has 134 valence electrons. The van der Waals surface area contributed by atoms with Gasteiger partial charge >= 0.3 is 0 Å². The summed E-state index contributed by atoms with van der Waals surface area (Å²) in [4.78, 5) is 26.3. The third-order valence-corrected chi connectivity index (χ3v) is 5.19. The maximum Gasteiger partial charge on any atom is 0.298 e. The van der Waals surface area contributed by atoms with Gasteiger partial charge in [0, 0.05) is 6.07 Å². The fraction of sp³-hybridized carbons (Fsp3) is 0.111. The number of nitrogens with zero attached hydrogens (tertiary/aromatic N) is 1. The van der Waals surface area contributed by atoms with Crippen LogP contribution in [0.1, 0.15) is 5.56 Å². The van der Waals surface area contributed by atoms with Gasteiger partial charge in [0.05, 0.1) is 34.9 Å². The Hall–Kier alpha value is -2.15. The zero-order chi connectivity index (χ0) is 18.8. The molecule has 1 saturated heterocycles. The van der Waals surface area contributed by atoms with Gasteiger partial charge in [-0.2, -0.15) is 0 Å². The Balaban J connectivity index is 2.00. The van der Waals surface area contributed by atoms with Crippen LogP contribution in [0.3, 0.4) is 0 Å². The Kier molecular flexibility index (Phi) is 5.46. The molecule has 0 unspecified atom stereocenters. The van der Waals surface area contributed by atoms with Crippen molar-refractivity contribution in [3.05, 3.63) is 56.9 Å². The molecule has 1 fully saturated rings. The molecule has 1 aliphatic heterocycles. The first-order valence-corrected chi connectivity index (χ1v) is 8.97. The summed E-state index contributed by atoms with van der Waals surface area (Å²) >= 11 is 13.2. The average Bonchev–Trinajstić information content (AvgIpc) is 2.90. The van der Waals surface area contributed by atoms with Crippen LogP contribution in [0.5, 0.6) is 11.5 Å². The lowest BCUT2D eigenvalue weighted by Crippen LogP contribution is -2.27. The Morgan fingerprint density at radius 3 is 2.31 bits per heavy atom. The van der Waals surface area contributed by atoms with Crippen LogP contribution in [0.4, 0.5) is 10.5 Å². The van der Waals surface area contributed by atoms with Gasteiger partial charge in [-0.05, 0) is 41.6 Å². The Morgan fingerprint density at radius 1 is 1.00 bits per heavy atom. The lowest BCUT2D eigenvalue weighted by atomic mass is 10.1. The molecule has 0 radical (unpaired) electrons. The summed E-state index contributed by atoms with van der Waals surface area (Å²) in [6.45, 7) is 0. The van der Waals surface area contributed by atoms with Gasteiger partial charge in [-0.15, -0.1) is 0 Å². The van der Waals surface area contributed by atoms with Crippen molar-refractivity contribution in [2.24, 2.45) is 0 Å². The number of amides is 2. The molecule has 5 nitrogen and oxygen atoms in total. The number of para-hydroxylation sites is 1. The van der Waals surface area contributed by atoms with Crippen LogP contribution in [-0.2, 0) is 4.79 Å². The normalized spacial score (nSPS) is 15.7. The second-order valence-electron chi connectivity index (χ2n) is 5.20. The monoisotopic (exact) mass is 409 g/mol. The molecule has 1 heterocycles. The number of carbonyl (C=O) groups excluding carboxylic acids is 2. The number of methoxy groups -OCH3 is 2. The highest BCUT2D eigenvalue weighted by molar-refractivity contribution is 8.19. The number of imide groups is 1. The molecule has 3 rings (SSSR count). The average molecular weight is 410 g/mol. The number of hydrogen-bond acceptors (Lipinski definition) is 5. The first-order valence-electron chi connectivity index (χ1n) is 7.40. The van der Waals surface area contributed by atoms with Crippen molar-refractivity contribution >= 4 is 57.9 Å². The molecule has 0 N–H and O–H groups in total. The summed E-state index contributed by atoms with van der Waals surface area (Å²) < 4.78 is 10.4. The van der Waals surface area contributed by atoms with Crippen LogP contribution in [0.15, 0.2) is 41.3 Å². The van der Waals surface area contributed by atoms with Crippen LogP contribution < -0.4 is 14.4 Å². The minimum absolute atomic E-state index is 0.240. The van der Waals surface area contributed by atoms with Gasteiger partial charge in [-0.25, -0.2) is 4.90 Å². The van der Waals surface area contributed by atoms with Crippen LogP contribution in [0.25, 0.3) is 6.08 Å². The second-order valence-corrected chi connectivity index (χ2v) is 7.00. The summed E-state index contributed by atoms with van der Waals surface area (Å²) in [5, 5.41) is 0.262. The number of ether oxygens (including phenoxy) is 2. The highest BCUT2D eigenvalue weighted by Crippen LogP contribution is 2.40. The van der Waals surface area contributed by atoms with E-state index in [1.807, 2.05) is 0 Å². The molecule has 2 amide bonds. The van der Waals surface area contributed by atoms with E-state index in [2.05, 4.69) is 0 Å². The van der Waals surface area contributed by atoms with Gasteiger partial charge in [-0.3, -0.25) is 9.59 Å². The van der Waals surface area contributed by atoms with E-state index < -0.39 is 11.1 Å². The predicted molar refractivity (Wildman–Crippen MR) is 104 cm³/mol. The summed E-state index contributed by atoms with van der Waals surface area (Å²) in [6.07, 6.45) is 1.55. The minimum Gasteiger partial charge on any atom is -0.493 e. The first kappa shape index (κ1) is 18.6. The van der Waals surface area contributed by atoms with Crippen LogP contribution >= 0.6 is 35.0 Å². The van der Waals surface area contributed by atoms with E-state index in [0.717, 1.165) is 16.7 Å². The van der Waals surface area contributed by atoms with Gasteiger partial charge in [0.2, 0.25) is 0 Å². The van der Waals surface area contributed by atoms with E-state index >= 15 is 0 Å². The van der Waals surface area contributed by atoms with Crippen LogP contribution in [-0.4, -0.2) is 25.4 Å². The van der Waals surface area contributed by atoms with Gasteiger partial charge in [0.1, 0.15) is 0 Å². The van der Waals surface area contributed by atoms with Crippen molar-refractivity contribution in [2.45, 2.75) is 0 Å². The minimum atomic E-state index is -0.459. The maximum atomic E-state index is 12.7. The number of thioether (sulfide) groups is 1. The molecular weight excluding hydrogens is 397 g/mol. The predicted octanol–water partition coefficient (Wildman–Crippen LogP) is 5.25. The van der Waals surface area contributed by atoms with E-state index in [1.165, 1.54) is 14.2 Å². The maximum absolute atomic E-state index is 12.7. The lowest BCUT2D eigenvalue weighted by molar-refractivity contribution is -0.113. The molecule has 2 aromatic rings. The van der Waals surface area contributed by atoms with Gasteiger partial charge in [0.25, 0.3) is 11.1 Å². The van der Waals surface area contributed by atoms with Crippen LogP contribution in [0.2, 0.25) is 10.0 Å². The largest absolute Gasteiger partial charge is 0.493 e. The van der Waals surface area contributed by atoms with Gasteiger partial charge in [-0.1, -0.05) is 35.3 Å². The molecule has 8 heteroatoms. The third kappa shape index (κ3) is 3.40. The van der Waals surface area contributed by atoms with E-state index in [0.29, 0.717) is 32.8 Å². The van der Waals surface area contributed by atoms with Crippen LogP contribution in [0, 0.1) is 0 Å². The molecule has 0 atom stereocenters. The number of rotatable bonds is 4. The summed E-state index contributed by atoms with van der Waals surface area (Å²) in [5.74, 6) is 0.478. The van der Waals surface area contributed by atoms with E-state index in [-0.39, 0.29) is 4.91 Å². The van der Waals surface area contributed by atoms with Crippen molar-refractivity contribution in [2.75, 3.05) is 19.1 Å². The molecule has 0 aromatic heterocycles. The van der Waals surface area contributed by atoms with Crippen molar-refractivity contribution in [3.8, 4) is 11.5 Å². The summed E-state index contributed by atoms with van der Waals surface area (Å²) in [7, 11) is 3.00. The first-order chi connectivity index (χ1) is 12.5. The molecule has 0 bridgehead atoms. The van der Waals surface area contributed by atoms with Crippen molar-refractivity contribution in [1.29, 1.82) is 0 Å². The second kappa shape index (κ2) is 7.61. The van der Waals surface area contributed by atoms with Crippen molar-refractivity contribution < 1.29 is 19.1 Å². The molecule has 0 aliphatic carbocycles. The van der Waals surface area contributed by atoms with Gasteiger partial charge in [0.15, 0.2) is 11.5 Å². The number of hydrogen-bond donors (Lipinski definition) is 0. The zero-order valence-corrected chi connectivity index (χ0v) is 16.1. The molecule has 26 heavy (non-hydrogen) atoms. The number of benzene rings is 2. The Morgan fingerprint density at radius 2 is 1.65 bits per heavy atom. The smallest absolute Gasteiger partial charge is 0.298 e. The van der Waals surface area contributed by atoms with Gasteiger partial charge < -0.3 is 9.47 Å².